The van der Waals surface area contributed by atoms with Gasteiger partial charge in [0.2, 0.25) is 0 Å². The van der Waals surface area contributed by atoms with E-state index in [1.165, 1.54) is 13.2 Å². The second-order valence-corrected chi connectivity index (χ2v) is 3.85. The van der Waals surface area contributed by atoms with Gasteiger partial charge in [0.05, 0.1) is 12.7 Å². The van der Waals surface area contributed by atoms with Crippen molar-refractivity contribution in [3.05, 3.63) is 29.3 Å². The number of hydrogen-bond donors (Lipinski definition) is 1. The first-order valence-corrected chi connectivity index (χ1v) is 5.40. The summed E-state index contributed by atoms with van der Waals surface area (Å²) in [4.78, 5) is 0. The first kappa shape index (κ1) is 17.1. The van der Waals surface area contributed by atoms with Crippen molar-refractivity contribution in [3.8, 4) is 5.75 Å². The summed E-state index contributed by atoms with van der Waals surface area (Å²) in [5.41, 5.74) is 5.77. The minimum atomic E-state index is -4.36. The van der Waals surface area contributed by atoms with Crippen molar-refractivity contribution in [3.63, 3.8) is 0 Å². The molecule has 0 bridgehead atoms. The quantitative estimate of drug-likeness (QED) is 0.908. The van der Waals surface area contributed by atoms with Gasteiger partial charge in [-0.1, -0.05) is 19.4 Å². The third-order valence-electron chi connectivity index (χ3n) is 2.56. The van der Waals surface area contributed by atoms with Crippen molar-refractivity contribution in [2.24, 2.45) is 5.73 Å². The summed E-state index contributed by atoms with van der Waals surface area (Å²) in [7, 11) is 1.34. The van der Waals surface area contributed by atoms with Crippen LogP contribution in [0.15, 0.2) is 18.2 Å². The summed E-state index contributed by atoms with van der Waals surface area (Å²) in [5, 5.41) is 0. The van der Waals surface area contributed by atoms with Gasteiger partial charge in [-0.3, -0.25) is 0 Å². The highest BCUT2D eigenvalue weighted by atomic mass is 35.5. The van der Waals surface area contributed by atoms with Gasteiger partial charge in [0.1, 0.15) is 5.75 Å². The zero-order valence-electron chi connectivity index (χ0n) is 10.3. The number of benzene rings is 1. The molecular formula is C12H17ClF3NO. The number of alkyl halides is 3. The molecule has 0 radical (unpaired) electrons. The molecule has 0 saturated heterocycles. The second-order valence-electron chi connectivity index (χ2n) is 3.85. The maximum absolute atomic E-state index is 12.5. The molecular weight excluding hydrogens is 267 g/mol. The van der Waals surface area contributed by atoms with Crippen LogP contribution in [0.5, 0.6) is 5.75 Å². The Labute approximate surface area is 111 Å². The van der Waals surface area contributed by atoms with Crippen LogP contribution in [0.3, 0.4) is 0 Å². The number of rotatable bonds is 4. The fourth-order valence-corrected chi connectivity index (χ4v) is 1.66. The van der Waals surface area contributed by atoms with E-state index in [0.717, 1.165) is 18.6 Å². The fourth-order valence-electron chi connectivity index (χ4n) is 1.66. The lowest BCUT2D eigenvalue weighted by Gasteiger charge is -2.17. The number of hydrogen-bond acceptors (Lipinski definition) is 2. The number of ether oxygens (including phenoxy) is 1. The van der Waals surface area contributed by atoms with Crippen LogP contribution in [0.25, 0.3) is 0 Å². The molecule has 18 heavy (non-hydrogen) atoms. The smallest absolute Gasteiger partial charge is 0.416 e. The summed E-state index contributed by atoms with van der Waals surface area (Å²) in [6.45, 7) is 1.97. The highest BCUT2D eigenvalue weighted by Crippen LogP contribution is 2.35. The number of nitrogens with two attached hydrogens (primary N) is 1. The molecule has 0 amide bonds. The molecule has 6 heteroatoms. The van der Waals surface area contributed by atoms with E-state index in [4.69, 9.17) is 10.5 Å². The van der Waals surface area contributed by atoms with Crippen LogP contribution < -0.4 is 10.5 Å². The number of methoxy groups -OCH3 is 1. The normalized spacial score (nSPS) is 12.8. The SMILES string of the molecule is CCC[C@@H](N)c1ccc(C(F)(F)F)cc1OC.Cl. The van der Waals surface area contributed by atoms with Gasteiger partial charge in [-0.2, -0.15) is 13.2 Å². The molecule has 0 saturated carbocycles. The van der Waals surface area contributed by atoms with E-state index >= 15 is 0 Å². The highest BCUT2D eigenvalue weighted by Gasteiger charge is 2.31. The lowest BCUT2D eigenvalue weighted by atomic mass is 10.0. The molecule has 0 unspecified atom stereocenters. The molecule has 0 fully saturated rings. The van der Waals surface area contributed by atoms with Crippen LogP contribution in [0.4, 0.5) is 13.2 Å². The minimum Gasteiger partial charge on any atom is -0.496 e. The monoisotopic (exact) mass is 283 g/mol. The zero-order valence-corrected chi connectivity index (χ0v) is 11.1. The van der Waals surface area contributed by atoms with Crippen LogP contribution in [-0.4, -0.2) is 7.11 Å². The second kappa shape index (κ2) is 6.85. The first-order chi connectivity index (χ1) is 7.90. The Morgan fingerprint density at radius 2 is 1.94 bits per heavy atom. The van der Waals surface area contributed by atoms with Gasteiger partial charge in [-0.05, 0) is 18.6 Å². The van der Waals surface area contributed by atoms with Crippen molar-refractivity contribution in [2.45, 2.75) is 32.0 Å². The van der Waals surface area contributed by atoms with Crippen LogP contribution in [0.1, 0.15) is 36.9 Å². The van der Waals surface area contributed by atoms with E-state index in [-0.39, 0.29) is 24.2 Å². The molecule has 0 spiro atoms. The van der Waals surface area contributed by atoms with Crippen LogP contribution >= 0.6 is 12.4 Å². The summed E-state index contributed by atoms with van der Waals surface area (Å²) in [6.07, 6.45) is -2.78. The minimum absolute atomic E-state index is 0. The summed E-state index contributed by atoms with van der Waals surface area (Å²) < 4.78 is 42.5. The van der Waals surface area contributed by atoms with Gasteiger partial charge < -0.3 is 10.5 Å². The lowest BCUT2D eigenvalue weighted by molar-refractivity contribution is -0.137. The predicted octanol–water partition coefficient (Wildman–Crippen LogP) is 3.94. The molecule has 0 aliphatic rings. The average Bonchev–Trinajstić information content (AvgIpc) is 2.27. The van der Waals surface area contributed by atoms with E-state index in [2.05, 4.69) is 0 Å². The molecule has 2 N–H and O–H groups in total. The van der Waals surface area contributed by atoms with Crippen molar-refractivity contribution in [2.75, 3.05) is 7.11 Å². The van der Waals surface area contributed by atoms with Crippen molar-refractivity contribution < 1.29 is 17.9 Å². The maximum Gasteiger partial charge on any atom is 0.416 e. The molecule has 0 aliphatic carbocycles. The van der Waals surface area contributed by atoms with E-state index in [1.807, 2.05) is 6.92 Å². The Balaban J connectivity index is 0.00000289. The summed E-state index contributed by atoms with van der Waals surface area (Å²) >= 11 is 0. The Hall–Kier alpha value is -0.940. The summed E-state index contributed by atoms with van der Waals surface area (Å²) in [6, 6.07) is 3.12. The first-order valence-electron chi connectivity index (χ1n) is 5.40. The third-order valence-corrected chi connectivity index (χ3v) is 2.56. The predicted molar refractivity (Wildman–Crippen MR) is 67.1 cm³/mol. The molecule has 1 rings (SSSR count). The van der Waals surface area contributed by atoms with Crippen molar-refractivity contribution in [1.29, 1.82) is 0 Å². The Morgan fingerprint density at radius 3 is 2.39 bits per heavy atom. The van der Waals surface area contributed by atoms with E-state index in [1.54, 1.807) is 0 Å². The van der Waals surface area contributed by atoms with Gasteiger partial charge in [0.25, 0.3) is 0 Å². The highest BCUT2D eigenvalue weighted by molar-refractivity contribution is 5.85. The summed E-state index contributed by atoms with van der Waals surface area (Å²) in [5.74, 6) is 0.195. The van der Waals surface area contributed by atoms with Crippen molar-refractivity contribution in [1.82, 2.24) is 0 Å². The molecule has 0 heterocycles. The van der Waals surface area contributed by atoms with Crippen LogP contribution in [-0.2, 0) is 6.18 Å². The van der Waals surface area contributed by atoms with E-state index in [0.29, 0.717) is 12.0 Å². The van der Waals surface area contributed by atoms with Crippen molar-refractivity contribution >= 4 is 12.4 Å². The topological polar surface area (TPSA) is 35.2 Å². The molecule has 0 aromatic heterocycles. The van der Waals surface area contributed by atoms with Crippen LogP contribution in [0, 0.1) is 0 Å². The lowest BCUT2D eigenvalue weighted by Crippen LogP contribution is -2.13. The largest absolute Gasteiger partial charge is 0.496 e. The Bertz CT molecular complexity index is 382. The third kappa shape index (κ3) is 4.07. The van der Waals surface area contributed by atoms with Gasteiger partial charge in [-0.25, -0.2) is 0 Å². The molecule has 104 valence electrons. The molecule has 0 aliphatic heterocycles. The molecule has 1 atom stereocenters. The maximum atomic E-state index is 12.5. The molecule has 2 nitrogen and oxygen atoms in total. The number of halogens is 4. The zero-order chi connectivity index (χ0) is 13.1. The Morgan fingerprint density at radius 1 is 1.33 bits per heavy atom. The fraction of sp³-hybridized carbons (Fsp3) is 0.500. The van der Waals surface area contributed by atoms with Gasteiger partial charge >= 0.3 is 6.18 Å². The Kier molecular flexibility index (Phi) is 6.49. The van der Waals surface area contributed by atoms with Gasteiger partial charge in [0.15, 0.2) is 0 Å². The van der Waals surface area contributed by atoms with E-state index in [9.17, 15) is 13.2 Å². The van der Waals surface area contributed by atoms with Gasteiger partial charge in [-0.15, -0.1) is 12.4 Å². The molecule has 1 aromatic rings. The van der Waals surface area contributed by atoms with Crippen LogP contribution in [0.2, 0.25) is 0 Å². The standard InChI is InChI=1S/C12H16F3NO.ClH/c1-3-4-10(16)9-6-5-8(12(13,14)15)7-11(9)17-2;/h5-7,10H,3-4,16H2,1-2H3;1H/t10-;/m1./s1. The van der Waals surface area contributed by atoms with Gasteiger partial charge in [0, 0.05) is 11.6 Å². The molecule has 1 aromatic carbocycles. The average molecular weight is 284 g/mol. The van der Waals surface area contributed by atoms with E-state index < -0.39 is 11.7 Å².